The van der Waals surface area contributed by atoms with Gasteiger partial charge in [0.05, 0.1) is 12.3 Å². The first-order chi connectivity index (χ1) is 6.13. The minimum absolute atomic E-state index is 0.0287. The van der Waals surface area contributed by atoms with Gasteiger partial charge in [-0.3, -0.25) is 0 Å². The second kappa shape index (κ2) is 3.86. The van der Waals surface area contributed by atoms with Gasteiger partial charge in [0.15, 0.2) is 0 Å². The number of carbonyl (C=O) groups is 1. The van der Waals surface area contributed by atoms with E-state index < -0.39 is 11.8 Å². The topological polar surface area (TPSA) is 75.4 Å². The van der Waals surface area contributed by atoms with Crippen molar-refractivity contribution >= 4 is 11.7 Å². The van der Waals surface area contributed by atoms with Crippen molar-refractivity contribution in [2.45, 2.75) is 6.61 Å². The number of aliphatic hydroxyl groups is 1. The number of amides is 2. The molecule has 70 valence electrons. The number of halogens is 1. The van der Waals surface area contributed by atoms with Crippen LogP contribution in [0, 0.1) is 5.82 Å². The molecule has 0 saturated heterocycles. The van der Waals surface area contributed by atoms with Gasteiger partial charge in [-0.1, -0.05) is 6.07 Å². The fourth-order valence-corrected chi connectivity index (χ4v) is 0.899. The van der Waals surface area contributed by atoms with Crippen molar-refractivity contribution in [3.05, 3.63) is 29.6 Å². The lowest BCUT2D eigenvalue weighted by Crippen LogP contribution is -2.20. The average Bonchev–Trinajstić information content (AvgIpc) is 2.08. The number of nitrogens with two attached hydrogens (primary N) is 1. The highest BCUT2D eigenvalue weighted by atomic mass is 19.1. The highest BCUT2D eigenvalue weighted by Crippen LogP contribution is 2.15. The largest absolute Gasteiger partial charge is 0.392 e. The maximum Gasteiger partial charge on any atom is 0.316 e. The highest BCUT2D eigenvalue weighted by Gasteiger charge is 2.04. The number of aliphatic hydroxyl groups excluding tert-OH is 1. The summed E-state index contributed by atoms with van der Waals surface area (Å²) in [4.78, 5) is 10.4. The summed E-state index contributed by atoms with van der Waals surface area (Å²) in [5.41, 5.74) is 5.28. The van der Waals surface area contributed by atoms with Crippen LogP contribution in [0.4, 0.5) is 14.9 Å². The van der Waals surface area contributed by atoms with E-state index in [2.05, 4.69) is 5.32 Å². The number of carbonyl (C=O) groups excluding carboxylic acids is 1. The van der Waals surface area contributed by atoms with Crippen LogP contribution in [0.25, 0.3) is 0 Å². The Bertz CT molecular complexity index is 328. The first kappa shape index (κ1) is 9.47. The molecule has 0 atom stereocenters. The summed E-state index contributed by atoms with van der Waals surface area (Å²) in [5.74, 6) is -0.587. The SMILES string of the molecule is NC(=O)Nc1cc(CO)ccc1F. The molecule has 4 nitrogen and oxygen atoms in total. The second-order valence-electron chi connectivity index (χ2n) is 2.46. The molecule has 1 rings (SSSR count). The molecule has 2 amide bonds. The summed E-state index contributed by atoms with van der Waals surface area (Å²) in [7, 11) is 0. The molecule has 0 spiro atoms. The Morgan fingerprint density at radius 3 is 2.85 bits per heavy atom. The molecule has 0 radical (unpaired) electrons. The minimum Gasteiger partial charge on any atom is -0.392 e. The van der Waals surface area contributed by atoms with Crippen molar-refractivity contribution in [2.75, 3.05) is 5.32 Å². The molecular formula is C8H9FN2O2. The molecule has 5 heteroatoms. The van der Waals surface area contributed by atoms with Gasteiger partial charge < -0.3 is 16.2 Å². The van der Waals surface area contributed by atoms with Gasteiger partial charge in [-0.25, -0.2) is 9.18 Å². The Morgan fingerprint density at radius 1 is 1.62 bits per heavy atom. The molecule has 0 fully saturated rings. The molecule has 4 N–H and O–H groups in total. The number of nitrogens with one attached hydrogen (secondary N) is 1. The predicted octanol–water partition coefficient (Wildman–Crippen LogP) is 0.809. The van der Waals surface area contributed by atoms with Crippen LogP contribution in [0.2, 0.25) is 0 Å². The van der Waals surface area contributed by atoms with E-state index in [1.54, 1.807) is 0 Å². The summed E-state index contributed by atoms with van der Waals surface area (Å²) in [6, 6.07) is 3.05. The summed E-state index contributed by atoms with van der Waals surface area (Å²) in [5, 5.41) is 10.8. The van der Waals surface area contributed by atoms with Gasteiger partial charge in [0, 0.05) is 0 Å². The number of hydrogen-bond donors (Lipinski definition) is 3. The first-order valence-corrected chi connectivity index (χ1v) is 3.59. The van der Waals surface area contributed by atoms with Gasteiger partial charge >= 0.3 is 6.03 Å². The molecule has 13 heavy (non-hydrogen) atoms. The zero-order valence-corrected chi connectivity index (χ0v) is 6.75. The Labute approximate surface area is 74.2 Å². The lowest BCUT2D eigenvalue weighted by molar-refractivity contribution is 0.259. The third kappa shape index (κ3) is 2.41. The van der Waals surface area contributed by atoms with E-state index in [1.807, 2.05) is 0 Å². The van der Waals surface area contributed by atoms with Gasteiger partial charge in [0.1, 0.15) is 5.82 Å². The molecule has 0 unspecified atom stereocenters. The molecule has 0 aliphatic rings. The molecular weight excluding hydrogens is 175 g/mol. The fourth-order valence-electron chi connectivity index (χ4n) is 0.899. The van der Waals surface area contributed by atoms with E-state index in [1.165, 1.54) is 12.1 Å². The molecule has 0 saturated carbocycles. The molecule has 1 aromatic carbocycles. The van der Waals surface area contributed by atoms with Gasteiger partial charge in [0.25, 0.3) is 0 Å². The summed E-state index contributed by atoms with van der Waals surface area (Å²) < 4.78 is 12.9. The number of anilines is 1. The van der Waals surface area contributed by atoms with Crippen molar-refractivity contribution in [3.8, 4) is 0 Å². The van der Waals surface area contributed by atoms with Gasteiger partial charge in [-0.05, 0) is 17.7 Å². The second-order valence-corrected chi connectivity index (χ2v) is 2.46. The van der Waals surface area contributed by atoms with Crippen molar-refractivity contribution in [3.63, 3.8) is 0 Å². The van der Waals surface area contributed by atoms with E-state index in [0.717, 1.165) is 6.07 Å². The summed E-state index contributed by atoms with van der Waals surface area (Å²) in [6.07, 6.45) is 0. The number of primary amides is 1. The number of rotatable bonds is 2. The standard InChI is InChI=1S/C8H9FN2O2/c9-6-2-1-5(4-12)3-7(6)11-8(10)13/h1-3,12H,4H2,(H3,10,11,13). The monoisotopic (exact) mass is 184 g/mol. The van der Waals surface area contributed by atoms with Crippen LogP contribution >= 0.6 is 0 Å². The Morgan fingerprint density at radius 2 is 2.31 bits per heavy atom. The summed E-state index contributed by atoms with van der Waals surface area (Å²) in [6.45, 7) is -0.215. The fraction of sp³-hybridized carbons (Fsp3) is 0.125. The third-order valence-electron chi connectivity index (χ3n) is 1.47. The zero-order chi connectivity index (χ0) is 9.84. The predicted molar refractivity (Wildman–Crippen MR) is 45.5 cm³/mol. The van der Waals surface area contributed by atoms with Crippen LogP contribution in [-0.2, 0) is 6.61 Å². The third-order valence-corrected chi connectivity index (χ3v) is 1.47. The minimum atomic E-state index is -0.839. The van der Waals surface area contributed by atoms with Gasteiger partial charge in [0.2, 0.25) is 0 Å². The highest BCUT2D eigenvalue weighted by molar-refractivity contribution is 5.87. The number of benzene rings is 1. The van der Waals surface area contributed by atoms with Crippen LogP contribution < -0.4 is 11.1 Å². The molecule has 0 bridgehead atoms. The average molecular weight is 184 g/mol. The first-order valence-electron chi connectivity index (χ1n) is 3.59. The smallest absolute Gasteiger partial charge is 0.316 e. The van der Waals surface area contributed by atoms with E-state index in [-0.39, 0.29) is 12.3 Å². The Hall–Kier alpha value is -1.62. The number of urea groups is 1. The zero-order valence-electron chi connectivity index (χ0n) is 6.75. The molecule has 0 heterocycles. The van der Waals surface area contributed by atoms with E-state index in [4.69, 9.17) is 10.8 Å². The lowest BCUT2D eigenvalue weighted by Gasteiger charge is -2.04. The van der Waals surface area contributed by atoms with Gasteiger partial charge in [-0.15, -0.1) is 0 Å². The summed E-state index contributed by atoms with van der Waals surface area (Å²) >= 11 is 0. The van der Waals surface area contributed by atoms with Crippen LogP contribution in [0.5, 0.6) is 0 Å². The van der Waals surface area contributed by atoms with Crippen molar-refractivity contribution in [1.82, 2.24) is 0 Å². The van der Waals surface area contributed by atoms with Crippen LogP contribution in [0.1, 0.15) is 5.56 Å². The van der Waals surface area contributed by atoms with Crippen molar-refractivity contribution in [1.29, 1.82) is 0 Å². The van der Waals surface area contributed by atoms with E-state index in [9.17, 15) is 9.18 Å². The molecule has 0 aliphatic heterocycles. The lowest BCUT2D eigenvalue weighted by atomic mass is 10.2. The Kier molecular flexibility index (Phi) is 2.81. The van der Waals surface area contributed by atoms with Crippen LogP contribution in [0.3, 0.4) is 0 Å². The number of hydrogen-bond acceptors (Lipinski definition) is 2. The van der Waals surface area contributed by atoms with Crippen LogP contribution in [0.15, 0.2) is 18.2 Å². The quantitative estimate of drug-likeness (QED) is 0.636. The molecule has 0 aliphatic carbocycles. The molecule has 0 aromatic heterocycles. The maximum absolute atomic E-state index is 12.9. The van der Waals surface area contributed by atoms with E-state index in [0.29, 0.717) is 5.56 Å². The van der Waals surface area contributed by atoms with Crippen molar-refractivity contribution < 1.29 is 14.3 Å². The van der Waals surface area contributed by atoms with E-state index >= 15 is 0 Å². The van der Waals surface area contributed by atoms with Crippen molar-refractivity contribution in [2.24, 2.45) is 5.73 Å². The maximum atomic E-state index is 12.9. The Balaban J connectivity index is 2.96. The van der Waals surface area contributed by atoms with Gasteiger partial charge in [-0.2, -0.15) is 0 Å². The van der Waals surface area contributed by atoms with Crippen LogP contribution in [-0.4, -0.2) is 11.1 Å². The normalized spacial score (nSPS) is 9.69. The molecule has 1 aromatic rings.